The number of aromatic nitrogens is 2. The predicted molar refractivity (Wildman–Crippen MR) is 98.2 cm³/mol. The van der Waals surface area contributed by atoms with Gasteiger partial charge in [-0.1, -0.05) is 24.8 Å². The second kappa shape index (κ2) is 7.17. The van der Waals surface area contributed by atoms with Gasteiger partial charge in [0.15, 0.2) is 0 Å². The van der Waals surface area contributed by atoms with E-state index in [9.17, 15) is 14.4 Å². The molecule has 8 nitrogen and oxygen atoms in total. The molecule has 1 aromatic heterocycles. The summed E-state index contributed by atoms with van der Waals surface area (Å²) in [6.07, 6.45) is 1.44. The van der Waals surface area contributed by atoms with Gasteiger partial charge in [0.05, 0.1) is 28.7 Å². The molecule has 3 rings (SSSR count). The highest BCUT2D eigenvalue weighted by Crippen LogP contribution is 2.39. The van der Waals surface area contributed by atoms with Gasteiger partial charge >= 0.3 is 11.7 Å². The molecular weight excluding hydrogens is 348 g/mol. The number of carbonyl (C=O) groups is 1. The van der Waals surface area contributed by atoms with Crippen LogP contribution in [0.2, 0.25) is 0 Å². The first kappa shape index (κ1) is 17.9. The van der Waals surface area contributed by atoms with Crippen molar-refractivity contribution in [2.45, 2.75) is 12.8 Å². The number of ether oxygens (including phenoxy) is 1. The normalized spacial score (nSPS) is 15.3. The molecule has 1 atom stereocenters. The molecule has 136 valence electrons. The van der Waals surface area contributed by atoms with Gasteiger partial charge in [-0.15, -0.1) is 0 Å². The smallest absolute Gasteiger partial charge is 0.337 e. The van der Waals surface area contributed by atoms with E-state index in [-0.39, 0.29) is 23.6 Å². The minimum Gasteiger partial charge on any atom is -0.458 e. The van der Waals surface area contributed by atoms with Gasteiger partial charge in [0.25, 0.3) is 5.56 Å². The highest BCUT2D eigenvalue weighted by Gasteiger charge is 2.35. The Balaban J connectivity index is 2.23. The van der Waals surface area contributed by atoms with E-state index < -0.39 is 23.1 Å². The van der Waals surface area contributed by atoms with E-state index >= 15 is 0 Å². The van der Waals surface area contributed by atoms with Crippen molar-refractivity contribution in [2.75, 3.05) is 11.9 Å². The minimum atomic E-state index is -0.771. The van der Waals surface area contributed by atoms with E-state index in [0.29, 0.717) is 16.8 Å². The molecule has 8 heteroatoms. The van der Waals surface area contributed by atoms with Crippen molar-refractivity contribution < 1.29 is 9.53 Å². The van der Waals surface area contributed by atoms with Crippen LogP contribution in [-0.2, 0) is 9.53 Å². The van der Waals surface area contributed by atoms with E-state index in [0.717, 1.165) is 0 Å². The quantitative estimate of drug-likeness (QED) is 0.557. The van der Waals surface area contributed by atoms with Crippen LogP contribution in [-0.4, -0.2) is 22.5 Å². The lowest BCUT2D eigenvalue weighted by Crippen LogP contribution is -2.35. The van der Waals surface area contributed by atoms with Crippen LogP contribution in [0.4, 0.5) is 5.82 Å². The third-order valence-electron chi connectivity index (χ3n) is 4.20. The molecule has 0 bridgehead atoms. The van der Waals surface area contributed by atoms with Gasteiger partial charge < -0.3 is 10.1 Å². The first-order valence-corrected chi connectivity index (χ1v) is 8.08. The largest absolute Gasteiger partial charge is 0.458 e. The molecule has 2 aromatic rings. The van der Waals surface area contributed by atoms with Gasteiger partial charge in [0.1, 0.15) is 12.4 Å². The Labute approximate surface area is 153 Å². The van der Waals surface area contributed by atoms with Gasteiger partial charge in [-0.3, -0.25) is 14.8 Å². The maximum absolute atomic E-state index is 12.7. The molecule has 0 amide bonds. The van der Waals surface area contributed by atoms with E-state index in [1.807, 2.05) is 6.07 Å². The second-order valence-electron chi connectivity index (χ2n) is 5.91. The third-order valence-corrected chi connectivity index (χ3v) is 4.20. The number of anilines is 1. The van der Waals surface area contributed by atoms with E-state index in [1.165, 1.54) is 6.08 Å². The summed E-state index contributed by atoms with van der Waals surface area (Å²) in [6.45, 7) is 5.19. The Morgan fingerprint density at radius 2 is 2.00 bits per heavy atom. The monoisotopic (exact) mass is 364 g/mol. The number of nitrogens with one attached hydrogen (secondary N) is 3. The predicted octanol–water partition coefficient (Wildman–Crippen LogP) is 1.50. The summed E-state index contributed by atoms with van der Waals surface area (Å²) >= 11 is 0. The van der Waals surface area contributed by atoms with Crippen LogP contribution < -0.4 is 16.6 Å². The number of nitriles is 1. The van der Waals surface area contributed by atoms with Gasteiger partial charge in [0, 0.05) is 5.70 Å². The molecule has 1 aromatic carbocycles. The number of aromatic amines is 2. The van der Waals surface area contributed by atoms with Gasteiger partial charge in [0.2, 0.25) is 0 Å². The molecule has 0 saturated carbocycles. The lowest BCUT2D eigenvalue weighted by molar-refractivity contribution is -0.138. The Hall–Kier alpha value is -3.86. The van der Waals surface area contributed by atoms with Crippen molar-refractivity contribution in [1.82, 2.24) is 9.97 Å². The fraction of sp³-hybridized carbons (Fsp3) is 0.158. The molecule has 0 saturated heterocycles. The number of H-pyrrole nitrogens is 2. The zero-order chi connectivity index (χ0) is 19.6. The van der Waals surface area contributed by atoms with Crippen LogP contribution in [0.25, 0.3) is 0 Å². The standard InChI is InChI=1S/C19H16N4O4/c1-3-8-27-18(25)13-10(2)21-16-15(17(24)23-19(26)22-16)14(13)12-6-4-11(9-20)5-7-12/h3-7,14H,1,8H2,2H3,(H3,21,22,23,24,26)/t14-/m0/s1. The number of hydrogen-bond donors (Lipinski definition) is 3. The first-order chi connectivity index (χ1) is 13.0. The average Bonchev–Trinajstić information content (AvgIpc) is 2.64. The first-order valence-electron chi connectivity index (χ1n) is 8.08. The number of allylic oxidation sites excluding steroid dienone is 1. The highest BCUT2D eigenvalue weighted by atomic mass is 16.5. The molecule has 1 aliphatic rings. The molecule has 0 fully saturated rings. The van der Waals surface area contributed by atoms with Crippen molar-refractivity contribution in [3.8, 4) is 6.07 Å². The summed E-state index contributed by atoms with van der Waals surface area (Å²) < 4.78 is 5.18. The molecule has 1 aliphatic heterocycles. The minimum absolute atomic E-state index is 0.0184. The molecule has 0 radical (unpaired) electrons. The number of benzene rings is 1. The van der Waals surface area contributed by atoms with Gasteiger partial charge in [-0.2, -0.15) is 5.26 Å². The molecule has 3 N–H and O–H groups in total. The lowest BCUT2D eigenvalue weighted by atomic mass is 9.82. The summed E-state index contributed by atoms with van der Waals surface area (Å²) in [4.78, 5) is 41.6. The number of hydrogen-bond acceptors (Lipinski definition) is 6. The van der Waals surface area contributed by atoms with Crippen LogP contribution >= 0.6 is 0 Å². The molecule has 27 heavy (non-hydrogen) atoms. The van der Waals surface area contributed by atoms with Crippen molar-refractivity contribution >= 4 is 11.8 Å². The van der Waals surface area contributed by atoms with Crippen LogP contribution in [0.15, 0.2) is 57.8 Å². The summed E-state index contributed by atoms with van der Waals surface area (Å²) in [5, 5.41) is 11.9. The molecule has 0 spiro atoms. The zero-order valence-corrected chi connectivity index (χ0v) is 14.5. The Bertz CT molecular complexity index is 1100. The van der Waals surface area contributed by atoms with Gasteiger partial charge in [-0.05, 0) is 24.6 Å². The lowest BCUT2D eigenvalue weighted by Gasteiger charge is -2.28. The van der Waals surface area contributed by atoms with Crippen LogP contribution in [0.1, 0.15) is 29.5 Å². The van der Waals surface area contributed by atoms with Gasteiger partial charge in [-0.25, -0.2) is 9.59 Å². The topological polar surface area (TPSA) is 128 Å². The maximum atomic E-state index is 12.7. The van der Waals surface area contributed by atoms with E-state index in [1.54, 1.807) is 31.2 Å². The number of nitrogens with zero attached hydrogens (tertiary/aromatic N) is 1. The third kappa shape index (κ3) is 3.30. The van der Waals surface area contributed by atoms with E-state index in [2.05, 4.69) is 21.9 Å². The number of carbonyl (C=O) groups excluding carboxylic acids is 1. The van der Waals surface area contributed by atoms with E-state index in [4.69, 9.17) is 10.00 Å². The number of rotatable bonds is 4. The fourth-order valence-corrected chi connectivity index (χ4v) is 3.05. The Morgan fingerprint density at radius 3 is 2.63 bits per heavy atom. The Morgan fingerprint density at radius 1 is 1.30 bits per heavy atom. The maximum Gasteiger partial charge on any atom is 0.337 e. The van der Waals surface area contributed by atoms with Crippen LogP contribution in [0.5, 0.6) is 0 Å². The molecular formula is C19H16N4O4. The zero-order valence-electron chi connectivity index (χ0n) is 14.5. The van der Waals surface area contributed by atoms with Crippen LogP contribution in [0.3, 0.4) is 0 Å². The van der Waals surface area contributed by atoms with Crippen molar-refractivity contribution in [2.24, 2.45) is 0 Å². The summed E-state index contributed by atoms with van der Waals surface area (Å²) in [5.41, 5.74) is 0.667. The average molecular weight is 364 g/mol. The summed E-state index contributed by atoms with van der Waals surface area (Å²) in [6, 6.07) is 8.54. The molecule has 2 heterocycles. The number of esters is 1. The summed E-state index contributed by atoms with van der Waals surface area (Å²) in [7, 11) is 0. The molecule has 0 unspecified atom stereocenters. The summed E-state index contributed by atoms with van der Waals surface area (Å²) in [5.74, 6) is -1.16. The fourth-order valence-electron chi connectivity index (χ4n) is 3.05. The second-order valence-corrected chi connectivity index (χ2v) is 5.91. The highest BCUT2D eigenvalue weighted by molar-refractivity contribution is 5.94. The van der Waals surface area contributed by atoms with Crippen LogP contribution in [0, 0.1) is 11.3 Å². The SMILES string of the molecule is C=CCOC(=O)C1=C(C)Nc2[nH]c(=O)[nH]c(=O)c2[C@H]1c1ccc(C#N)cc1. The van der Waals surface area contributed by atoms with Crippen molar-refractivity contribution in [3.63, 3.8) is 0 Å². The molecule has 0 aliphatic carbocycles. The number of fused-ring (bicyclic) bond motifs is 1. The van der Waals surface area contributed by atoms with Crippen molar-refractivity contribution in [3.05, 3.63) is 85.7 Å². The Kier molecular flexibility index (Phi) is 4.77. The van der Waals surface area contributed by atoms with Crippen molar-refractivity contribution in [1.29, 1.82) is 5.26 Å².